The second-order valence-corrected chi connectivity index (χ2v) is 8.62. The van der Waals surface area contributed by atoms with E-state index in [4.69, 9.17) is 54.8 Å². The summed E-state index contributed by atoms with van der Waals surface area (Å²) in [6.07, 6.45) is 0. The maximum atomic E-state index is 8.49. The zero-order valence-corrected chi connectivity index (χ0v) is 25.0. The molecular formula is C18H30Cl2N12NiO8. The number of hydrazine groups is 3. The topological polar surface area (TPSA) is 376 Å². The Morgan fingerprint density at radius 2 is 0.561 bits per heavy atom. The zero-order valence-electron chi connectivity index (χ0n) is 22.5. The van der Waals surface area contributed by atoms with Gasteiger partial charge < -0.3 is 0 Å². The molecule has 20 nitrogen and oxygen atoms in total. The van der Waals surface area contributed by atoms with E-state index in [0.29, 0.717) is 17.8 Å². The van der Waals surface area contributed by atoms with Crippen LogP contribution in [0.1, 0.15) is 34.2 Å². The molecule has 9 N–H and O–H groups in total. The molecule has 0 amide bonds. The molecule has 234 valence electrons. The number of anilines is 3. The Bertz CT molecular complexity index is 952. The van der Waals surface area contributed by atoms with E-state index < -0.39 is 20.5 Å². The summed E-state index contributed by atoms with van der Waals surface area (Å²) < 4.78 is 67.9. The first-order valence-corrected chi connectivity index (χ1v) is 12.7. The predicted molar refractivity (Wildman–Crippen MR) is 118 cm³/mol. The average Bonchev–Trinajstić information content (AvgIpc) is 2.75. The van der Waals surface area contributed by atoms with Crippen molar-refractivity contribution in [1.29, 1.82) is 0 Å². The summed E-state index contributed by atoms with van der Waals surface area (Å²) in [6.45, 7) is 11.4. The van der Waals surface area contributed by atoms with Crippen LogP contribution in [0, 0.1) is 62.0 Å². The van der Waals surface area contributed by atoms with Crippen molar-refractivity contribution in [2.24, 2.45) is 17.5 Å². The number of nitrogens with one attached hydrogen (secondary N) is 3. The van der Waals surface area contributed by atoms with Gasteiger partial charge >= 0.3 is 16.5 Å². The maximum absolute atomic E-state index is 8.49. The van der Waals surface area contributed by atoms with Gasteiger partial charge in [0.2, 0.25) is 17.8 Å². The van der Waals surface area contributed by atoms with E-state index in [1.807, 2.05) is 59.7 Å². The van der Waals surface area contributed by atoms with Gasteiger partial charge in [0.15, 0.2) is 0 Å². The molecule has 0 saturated carbocycles. The number of hydrogen-bond acceptors (Lipinski definition) is 20. The van der Waals surface area contributed by atoms with Gasteiger partial charge in [-0.25, -0.2) is 84.7 Å². The number of nitrogens with two attached hydrogens (primary N) is 3. The van der Waals surface area contributed by atoms with E-state index in [2.05, 4.69) is 46.2 Å². The van der Waals surface area contributed by atoms with Gasteiger partial charge in [0.05, 0.1) is 0 Å². The van der Waals surface area contributed by atoms with Crippen molar-refractivity contribution in [2.75, 3.05) is 16.3 Å². The first kappa shape index (κ1) is 42.7. The molecule has 0 radical (unpaired) electrons. The Balaban J connectivity index is -0.000000452. The van der Waals surface area contributed by atoms with Gasteiger partial charge in [-0.05, 0) is 59.7 Å². The predicted octanol–water partition coefficient (Wildman–Crippen LogP) is -8.38. The van der Waals surface area contributed by atoms with Crippen LogP contribution in [-0.4, -0.2) is 29.9 Å². The summed E-state index contributed by atoms with van der Waals surface area (Å²) in [5.74, 6) is 16.7. The van der Waals surface area contributed by atoms with E-state index in [-0.39, 0.29) is 16.5 Å². The van der Waals surface area contributed by atoms with Crippen LogP contribution in [0.25, 0.3) is 0 Å². The maximum Gasteiger partial charge on any atom is 2.00 e. The van der Waals surface area contributed by atoms with E-state index in [0.717, 1.165) is 34.2 Å². The number of hydrogen-bond donors (Lipinski definition) is 6. The second kappa shape index (κ2) is 21.0. The summed E-state index contributed by atoms with van der Waals surface area (Å²) in [6, 6.07) is 5.67. The molecule has 0 saturated heterocycles. The molecule has 0 aliphatic heterocycles. The smallest absolute Gasteiger partial charge is 0.292 e. The Morgan fingerprint density at radius 1 is 0.439 bits per heavy atom. The van der Waals surface area contributed by atoms with Crippen LogP contribution in [0.2, 0.25) is 0 Å². The number of aromatic nitrogens is 6. The van der Waals surface area contributed by atoms with Crippen LogP contribution < -0.4 is 71.1 Å². The third-order valence-electron chi connectivity index (χ3n) is 3.33. The van der Waals surface area contributed by atoms with Gasteiger partial charge in [0.1, 0.15) is 0 Å². The molecule has 0 spiro atoms. The first-order chi connectivity index (χ1) is 18.2. The molecule has 0 aliphatic carbocycles. The van der Waals surface area contributed by atoms with Crippen molar-refractivity contribution in [1.82, 2.24) is 29.9 Å². The number of nitrogens with zero attached hydrogens (tertiary/aromatic N) is 6. The molecule has 0 aliphatic rings. The van der Waals surface area contributed by atoms with Crippen LogP contribution in [0.3, 0.4) is 0 Å². The van der Waals surface area contributed by atoms with E-state index in [1.54, 1.807) is 0 Å². The molecule has 0 bridgehead atoms. The van der Waals surface area contributed by atoms with Gasteiger partial charge in [-0.3, -0.25) is 16.3 Å². The summed E-state index contributed by atoms with van der Waals surface area (Å²) >= 11 is 0. The van der Waals surface area contributed by atoms with Crippen molar-refractivity contribution < 1.29 is 74.2 Å². The molecule has 0 fully saturated rings. The third kappa shape index (κ3) is 30.1. The van der Waals surface area contributed by atoms with E-state index >= 15 is 0 Å². The van der Waals surface area contributed by atoms with Gasteiger partial charge in [0, 0.05) is 34.2 Å². The van der Waals surface area contributed by atoms with Gasteiger partial charge in [0.25, 0.3) is 0 Å². The van der Waals surface area contributed by atoms with Crippen molar-refractivity contribution in [3.8, 4) is 0 Å². The van der Waals surface area contributed by atoms with Crippen LogP contribution >= 0.6 is 0 Å². The Hall–Kier alpha value is -2.73. The van der Waals surface area contributed by atoms with Crippen LogP contribution in [0.4, 0.5) is 17.8 Å². The Labute approximate surface area is 249 Å². The Kier molecular flexibility index (Phi) is 21.9. The van der Waals surface area contributed by atoms with Crippen LogP contribution in [-0.2, 0) is 16.5 Å². The SMILES string of the molecule is Cc1cc(C)nc(NN)n1.Cc1cc(C)nc(NN)n1.Cc1cc(C)nc(NN)n1.[Ni+2].[O-][Cl+3]([O-])([O-])[O-].[O-][Cl+3]([O-])([O-])[O-]. The molecule has 3 heterocycles. The molecule has 0 aromatic carbocycles. The minimum Gasteiger partial charge on any atom is -0.292 e. The quantitative estimate of drug-likeness (QED) is 0.0854. The van der Waals surface area contributed by atoms with Gasteiger partial charge in [-0.1, -0.05) is 0 Å². The molecule has 41 heavy (non-hydrogen) atoms. The standard InChI is InChI=1S/3C6H10N4.2ClHO4.Ni/c3*1-4-3-5(2)9-6(8-4)10-7;2*2-1(3,4)5;/h3*3H,7H2,1-2H3,(H,8,9,10);2*(H,2,3,4,5);/q;;;;;+2/p-2. The summed E-state index contributed by atoms with van der Waals surface area (Å²) in [5.41, 5.74) is 12.7. The summed E-state index contributed by atoms with van der Waals surface area (Å²) in [4.78, 5) is 24.0. The monoisotopic (exact) mass is 670 g/mol. The number of rotatable bonds is 3. The van der Waals surface area contributed by atoms with E-state index in [1.165, 1.54) is 0 Å². The molecule has 3 aromatic heterocycles. The fourth-order valence-corrected chi connectivity index (χ4v) is 2.37. The van der Waals surface area contributed by atoms with E-state index in [9.17, 15) is 0 Å². The summed E-state index contributed by atoms with van der Waals surface area (Å²) in [5, 5.41) is 0. The van der Waals surface area contributed by atoms with Crippen LogP contribution in [0.15, 0.2) is 18.2 Å². The normalized spacial score (nSPS) is 9.88. The third-order valence-corrected chi connectivity index (χ3v) is 3.33. The minimum absolute atomic E-state index is 0. The molecule has 3 rings (SSSR count). The van der Waals surface area contributed by atoms with Crippen molar-refractivity contribution in [3.05, 3.63) is 52.4 Å². The summed E-state index contributed by atoms with van der Waals surface area (Å²) in [7, 11) is -9.89. The number of aryl methyl sites for hydroxylation is 6. The molecule has 0 unspecified atom stereocenters. The average molecular weight is 672 g/mol. The van der Waals surface area contributed by atoms with Crippen molar-refractivity contribution >= 4 is 17.8 Å². The molecule has 23 heteroatoms. The molecule has 0 atom stereocenters. The van der Waals surface area contributed by atoms with Crippen molar-refractivity contribution in [2.45, 2.75) is 41.5 Å². The fourth-order valence-electron chi connectivity index (χ4n) is 2.37. The molecule has 3 aromatic rings. The van der Waals surface area contributed by atoms with Crippen molar-refractivity contribution in [3.63, 3.8) is 0 Å². The van der Waals surface area contributed by atoms with Gasteiger partial charge in [-0.15, -0.1) is 20.5 Å². The number of halogens is 2. The second-order valence-electron chi connectivity index (χ2n) is 7.11. The largest absolute Gasteiger partial charge is 2.00 e. The molecular weight excluding hydrogens is 642 g/mol. The minimum atomic E-state index is -4.94. The fraction of sp³-hybridized carbons (Fsp3) is 0.333. The zero-order chi connectivity index (χ0) is 31.7. The number of nitrogen functional groups attached to an aromatic ring is 3. The Morgan fingerprint density at radius 3 is 0.659 bits per heavy atom. The van der Waals surface area contributed by atoms with Crippen LogP contribution in [0.5, 0.6) is 0 Å². The van der Waals surface area contributed by atoms with Gasteiger partial charge in [-0.2, -0.15) is 0 Å². The first-order valence-electron chi connectivity index (χ1n) is 10.3.